The first kappa shape index (κ1) is 10.3. The summed E-state index contributed by atoms with van der Waals surface area (Å²) in [5.74, 6) is 0.723. The molecular formula is C10H19N. The zero-order valence-corrected chi connectivity index (χ0v) is 7.80. The van der Waals surface area contributed by atoms with Gasteiger partial charge in [-0.2, -0.15) is 0 Å². The van der Waals surface area contributed by atoms with Crippen molar-refractivity contribution in [2.75, 3.05) is 0 Å². The Bertz CT molecular complexity index is 143. The number of rotatable bonds is 4. The molecule has 0 spiro atoms. The summed E-state index contributed by atoms with van der Waals surface area (Å²) in [6, 6.07) is 0. The molecular weight excluding hydrogens is 134 g/mol. The second kappa shape index (κ2) is 6.02. The number of hydrogen-bond acceptors (Lipinski definition) is 1. The SMILES string of the molecule is CC/C=C(N)\C=C/CC(C)C. The molecule has 0 aliphatic carbocycles. The Kier molecular flexibility index (Phi) is 5.63. The summed E-state index contributed by atoms with van der Waals surface area (Å²) in [7, 11) is 0. The van der Waals surface area contributed by atoms with E-state index in [-0.39, 0.29) is 0 Å². The van der Waals surface area contributed by atoms with E-state index in [1.54, 1.807) is 0 Å². The van der Waals surface area contributed by atoms with Gasteiger partial charge in [-0.05, 0) is 24.8 Å². The molecule has 11 heavy (non-hydrogen) atoms. The lowest BCUT2D eigenvalue weighted by molar-refractivity contribution is 0.663. The lowest BCUT2D eigenvalue weighted by atomic mass is 10.1. The molecule has 0 unspecified atom stereocenters. The van der Waals surface area contributed by atoms with Crippen LogP contribution in [-0.4, -0.2) is 0 Å². The van der Waals surface area contributed by atoms with Crippen LogP contribution in [0, 0.1) is 5.92 Å². The van der Waals surface area contributed by atoms with Crippen molar-refractivity contribution < 1.29 is 0 Å². The van der Waals surface area contributed by atoms with Crippen LogP contribution in [0.3, 0.4) is 0 Å². The van der Waals surface area contributed by atoms with E-state index >= 15 is 0 Å². The predicted octanol–water partition coefficient (Wildman–Crippen LogP) is 2.84. The topological polar surface area (TPSA) is 26.0 Å². The molecule has 0 saturated carbocycles. The van der Waals surface area contributed by atoms with Crippen molar-refractivity contribution in [3.63, 3.8) is 0 Å². The minimum Gasteiger partial charge on any atom is -0.399 e. The van der Waals surface area contributed by atoms with Gasteiger partial charge in [0.05, 0.1) is 0 Å². The van der Waals surface area contributed by atoms with Crippen LogP contribution in [-0.2, 0) is 0 Å². The van der Waals surface area contributed by atoms with Gasteiger partial charge in [0.15, 0.2) is 0 Å². The Morgan fingerprint density at radius 3 is 2.55 bits per heavy atom. The third-order valence-electron chi connectivity index (χ3n) is 1.36. The fourth-order valence-electron chi connectivity index (χ4n) is 0.780. The summed E-state index contributed by atoms with van der Waals surface area (Å²) < 4.78 is 0. The van der Waals surface area contributed by atoms with Crippen molar-refractivity contribution in [3.8, 4) is 0 Å². The first-order valence-electron chi connectivity index (χ1n) is 4.29. The summed E-state index contributed by atoms with van der Waals surface area (Å²) in [5.41, 5.74) is 6.53. The molecule has 0 atom stereocenters. The summed E-state index contributed by atoms with van der Waals surface area (Å²) in [4.78, 5) is 0. The van der Waals surface area contributed by atoms with E-state index in [1.165, 1.54) is 0 Å². The lowest BCUT2D eigenvalue weighted by Crippen LogP contribution is -1.92. The molecule has 0 heterocycles. The number of nitrogens with two attached hydrogens (primary N) is 1. The van der Waals surface area contributed by atoms with Gasteiger partial charge in [0.2, 0.25) is 0 Å². The summed E-state index contributed by atoms with van der Waals surface area (Å²) in [6.45, 7) is 6.48. The molecule has 0 aromatic heterocycles. The van der Waals surface area contributed by atoms with E-state index in [4.69, 9.17) is 5.73 Å². The first-order chi connectivity index (χ1) is 5.16. The molecule has 0 aliphatic heterocycles. The van der Waals surface area contributed by atoms with Gasteiger partial charge >= 0.3 is 0 Å². The summed E-state index contributed by atoms with van der Waals surface area (Å²) in [5, 5.41) is 0. The average Bonchev–Trinajstić information content (AvgIpc) is 1.87. The Labute approximate surface area is 70.0 Å². The standard InChI is InChI=1S/C10H19N/c1-4-6-10(11)8-5-7-9(2)3/h5-6,8-9H,4,7,11H2,1-3H3/b8-5-,10-6+. The smallest absolute Gasteiger partial charge is 0.0270 e. The first-order valence-corrected chi connectivity index (χ1v) is 4.29. The van der Waals surface area contributed by atoms with Gasteiger partial charge in [0.1, 0.15) is 0 Å². The van der Waals surface area contributed by atoms with Crippen molar-refractivity contribution in [1.82, 2.24) is 0 Å². The molecule has 0 aliphatic rings. The van der Waals surface area contributed by atoms with Gasteiger partial charge in [0, 0.05) is 5.70 Å². The van der Waals surface area contributed by atoms with Gasteiger partial charge in [0.25, 0.3) is 0 Å². The summed E-state index contributed by atoms with van der Waals surface area (Å²) >= 11 is 0. The van der Waals surface area contributed by atoms with Gasteiger partial charge in [-0.25, -0.2) is 0 Å². The Morgan fingerprint density at radius 2 is 2.09 bits per heavy atom. The quantitative estimate of drug-likeness (QED) is 0.617. The third-order valence-corrected chi connectivity index (χ3v) is 1.36. The summed E-state index contributed by atoms with van der Waals surface area (Å²) in [6.07, 6.45) is 8.27. The van der Waals surface area contributed by atoms with Crippen LogP contribution in [0.5, 0.6) is 0 Å². The van der Waals surface area contributed by atoms with Crippen LogP contribution in [0.4, 0.5) is 0 Å². The molecule has 0 saturated heterocycles. The van der Waals surface area contributed by atoms with E-state index < -0.39 is 0 Å². The maximum Gasteiger partial charge on any atom is 0.0270 e. The second-order valence-corrected chi connectivity index (χ2v) is 3.14. The van der Waals surface area contributed by atoms with Crippen LogP contribution in [0.25, 0.3) is 0 Å². The highest BCUT2D eigenvalue weighted by Gasteiger charge is 1.86. The van der Waals surface area contributed by atoms with Crippen molar-refractivity contribution in [2.45, 2.75) is 33.6 Å². The molecule has 0 rings (SSSR count). The van der Waals surface area contributed by atoms with Crippen molar-refractivity contribution in [2.24, 2.45) is 11.7 Å². The molecule has 0 bridgehead atoms. The van der Waals surface area contributed by atoms with Gasteiger partial charge < -0.3 is 5.73 Å². The van der Waals surface area contributed by atoms with E-state index in [2.05, 4.69) is 26.8 Å². The Hall–Kier alpha value is -0.720. The fraction of sp³-hybridized carbons (Fsp3) is 0.600. The van der Waals surface area contributed by atoms with E-state index in [0.717, 1.165) is 24.5 Å². The molecule has 0 aromatic carbocycles. The number of allylic oxidation sites excluding steroid dienone is 3. The minimum absolute atomic E-state index is 0.723. The van der Waals surface area contributed by atoms with E-state index in [0.29, 0.717) is 0 Å². The van der Waals surface area contributed by atoms with Crippen LogP contribution in [0.2, 0.25) is 0 Å². The van der Waals surface area contributed by atoms with Crippen LogP contribution >= 0.6 is 0 Å². The fourth-order valence-corrected chi connectivity index (χ4v) is 0.780. The van der Waals surface area contributed by atoms with Crippen molar-refractivity contribution in [1.29, 1.82) is 0 Å². The molecule has 2 N–H and O–H groups in total. The highest BCUT2D eigenvalue weighted by Crippen LogP contribution is 2.01. The Balaban J connectivity index is 3.65. The van der Waals surface area contributed by atoms with E-state index in [9.17, 15) is 0 Å². The van der Waals surface area contributed by atoms with Gasteiger partial charge in [-0.1, -0.05) is 32.9 Å². The molecule has 0 aromatic rings. The molecule has 64 valence electrons. The number of hydrogen-bond donors (Lipinski definition) is 1. The highest BCUT2D eigenvalue weighted by molar-refractivity contribution is 5.14. The normalized spacial score (nSPS) is 13.3. The lowest BCUT2D eigenvalue weighted by Gasteiger charge is -1.96. The van der Waals surface area contributed by atoms with Crippen LogP contribution in [0.15, 0.2) is 23.9 Å². The molecule has 1 nitrogen and oxygen atoms in total. The predicted molar refractivity (Wildman–Crippen MR) is 51.2 cm³/mol. The van der Waals surface area contributed by atoms with E-state index in [1.807, 2.05) is 12.2 Å². The van der Waals surface area contributed by atoms with Gasteiger partial charge in [-0.15, -0.1) is 0 Å². The molecule has 0 fully saturated rings. The third kappa shape index (κ3) is 7.17. The van der Waals surface area contributed by atoms with Gasteiger partial charge in [-0.3, -0.25) is 0 Å². The molecule has 0 radical (unpaired) electrons. The maximum atomic E-state index is 5.64. The minimum atomic E-state index is 0.723. The zero-order chi connectivity index (χ0) is 8.69. The second-order valence-electron chi connectivity index (χ2n) is 3.14. The maximum absolute atomic E-state index is 5.64. The molecule has 0 amide bonds. The largest absolute Gasteiger partial charge is 0.399 e. The van der Waals surface area contributed by atoms with Crippen molar-refractivity contribution in [3.05, 3.63) is 23.9 Å². The molecule has 1 heteroatoms. The van der Waals surface area contributed by atoms with Crippen LogP contribution in [0.1, 0.15) is 33.6 Å². The van der Waals surface area contributed by atoms with Crippen molar-refractivity contribution >= 4 is 0 Å². The van der Waals surface area contributed by atoms with Crippen LogP contribution < -0.4 is 5.73 Å². The average molecular weight is 153 g/mol. The Morgan fingerprint density at radius 1 is 1.45 bits per heavy atom. The zero-order valence-electron chi connectivity index (χ0n) is 7.80. The monoisotopic (exact) mass is 153 g/mol. The highest BCUT2D eigenvalue weighted by atomic mass is 14.5.